The number of hydrogen-bond donors (Lipinski definition) is 14. The number of hydrogen-bond acceptors (Lipinski definition) is 26. The van der Waals surface area contributed by atoms with Crippen LogP contribution in [-0.4, -0.2) is 177 Å². The van der Waals surface area contributed by atoms with Gasteiger partial charge in [-0.05, 0) is 55.3 Å². The number of ether oxygens (including phenoxy) is 1. The van der Waals surface area contributed by atoms with Gasteiger partial charge in [-0.3, -0.25) is 23.7 Å². The van der Waals surface area contributed by atoms with Crippen molar-refractivity contribution >= 4 is 78.2 Å². The Bertz CT molecular complexity index is 2970. The van der Waals surface area contributed by atoms with Gasteiger partial charge in [0.1, 0.15) is 40.0 Å². The molecule has 4 aromatic rings. The lowest BCUT2D eigenvalue weighted by Crippen LogP contribution is -2.58. The summed E-state index contributed by atoms with van der Waals surface area (Å²) in [5.41, 5.74) is 8.72. The minimum absolute atomic E-state index is 0.0230. The molecule has 2 unspecified atom stereocenters. The highest BCUT2D eigenvalue weighted by Crippen LogP contribution is 2.41. The van der Waals surface area contributed by atoms with Crippen LogP contribution in [0.1, 0.15) is 63.4 Å². The number of benzene rings is 3. The number of unbranched alkanes of at least 4 members (excludes halogenated alkanes) is 2. The van der Waals surface area contributed by atoms with Crippen LogP contribution in [0.2, 0.25) is 0 Å². The van der Waals surface area contributed by atoms with Gasteiger partial charge in [-0.25, -0.2) is 0 Å². The molecule has 1 aliphatic carbocycles. The summed E-state index contributed by atoms with van der Waals surface area (Å²) < 4.78 is 76.3. The number of nitrogen functional groups attached to an aromatic ring is 1. The molecule has 7 atom stereocenters. The van der Waals surface area contributed by atoms with Gasteiger partial charge in [-0.15, -0.1) is 0 Å². The number of nitrogens with one attached hydrogen (secondary N) is 4. The summed E-state index contributed by atoms with van der Waals surface area (Å²) >= 11 is 0. The number of aromatic nitrogens is 3. The number of nitrogens with zero attached hydrogens (tertiary/aromatic N) is 5. The van der Waals surface area contributed by atoms with Crippen molar-refractivity contribution in [2.45, 2.75) is 84.7 Å². The minimum Gasteiger partial charge on any atom is -0.862 e. The lowest BCUT2D eigenvalue weighted by Gasteiger charge is -2.39. The maximum absolute atomic E-state index is 13.8. The van der Waals surface area contributed by atoms with Crippen molar-refractivity contribution in [1.82, 2.24) is 20.3 Å². The number of rotatable bonds is 24. The summed E-state index contributed by atoms with van der Waals surface area (Å²) in [6.07, 6.45) is -7.87. The molecule has 6 rings (SSSR count). The van der Waals surface area contributed by atoms with E-state index >= 15 is 0 Å². The molecular weight excluding hydrogens is 1010 g/mol. The number of carbonyl (C=O) groups is 2. The Balaban J connectivity index is 1.23. The molecule has 16 N–H and O–H groups in total. The smallest absolute Gasteiger partial charge is 0.296 e. The largest absolute Gasteiger partial charge is 0.862 e. The quantitative estimate of drug-likeness (QED) is 0.00930. The van der Waals surface area contributed by atoms with Crippen LogP contribution in [0.15, 0.2) is 68.3 Å². The summed E-state index contributed by atoms with van der Waals surface area (Å²) in [5.74, 6) is -3.50. The average molecular weight is 1060 g/mol. The SMILES string of the molecule is NCC(O)CNCC([O-])=NCC(O)Cc1nc(NCCCCCC([O-])=N[C@@H]2[C@@H](O)[C@@H](O)[C@@H](CO)O[C@H]2O)nc(Nc2ccc(Nc3cc(S(=O)(=O)O)c(N)c4c3C(=O)c3ccccc3C4=O)cc2S(=O)(=O)O)n1. The number of ketones is 2. The normalized spacial score (nSPS) is 20.3. The van der Waals surface area contributed by atoms with E-state index in [4.69, 9.17) is 16.2 Å². The number of aliphatic hydroxyl groups excluding tert-OH is 6. The molecule has 0 saturated carbocycles. The molecule has 0 bridgehead atoms. The number of aliphatic imine (C=N–C) groups is 2. The van der Waals surface area contributed by atoms with E-state index in [2.05, 4.69) is 46.2 Å². The van der Waals surface area contributed by atoms with Crippen molar-refractivity contribution in [3.63, 3.8) is 0 Å². The summed E-state index contributed by atoms with van der Waals surface area (Å²) in [4.78, 5) is 46.2. The van der Waals surface area contributed by atoms with Crippen molar-refractivity contribution in [2.75, 3.05) is 61.0 Å². The molecule has 2 heterocycles. The van der Waals surface area contributed by atoms with E-state index in [0.29, 0.717) is 12.8 Å². The van der Waals surface area contributed by atoms with Crippen molar-refractivity contribution in [3.8, 4) is 0 Å². The number of nitrogens with two attached hydrogens (primary N) is 2. The third-order valence-corrected chi connectivity index (χ3v) is 13.1. The zero-order chi connectivity index (χ0) is 53.4. The molecule has 0 radical (unpaired) electrons. The molecule has 1 saturated heterocycles. The second-order valence-corrected chi connectivity index (χ2v) is 19.5. The number of anilines is 6. The maximum Gasteiger partial charge on any atom is 0.296 e. The highest BCUT2D eigenvalue weighted by atomic mass is 32.2. The van der Waals surface area contributed by atoms with E-state index in [-0.39, 0.29) is 91.4 Å². The summed E-state index contributed by atoms with van der Waals surface area (Å²) in [7, 11) is -10.3. The van der Waals surface area contributed by atoms with Gasteiger partial charge in [0.15, 0.2) is 17.9 Å². The van der Waals surface area contributed by atoms with Gasteiger partial charge in [0.2, 0.25) is 11.9 Å². The molecule has 1 aromatic heterocycles. The first-order valence-corrected chi connectivity index (χ1v) is 25.2. The van der Waals surface area contributed by atoms with E-state index in [1.807, 2.05) is 0 Å². The molecule has 30 heteroatoms. The second-order valence-electron chi connectivity index (χ2n) is 16.7. The van der Waals surface area contributed by atoms with E-state index in [1.54, 1.807) is 0 Å². The van der Waals surface area contributed by atoms with Crippen LogP contribution < -0.4 is 42.9 Å². The van der Waals surface area contributed by atoms with Gasteiger partial charge in [0, 0.05) is 49.4 Å². The van der Waals surface area contributed by atoms with Gasteiger partial charge in [-0.1, -0.05) is 30.7 Å². The first kappa shape index (κ1) is 55.9. The Hall–Kier alpha value is -6.39. The van der Waals surface area contributed by atoms with Crippen LogP contribution in [0.25, 0.3) is 0 Å². The van der Waals surface area contributed by atoms with Crippen LogP contribution in [0.4, 0.5) is 34.6 Å². The lowest BCUT2D eigenvalue weighted by atomic mass is 9.82. The molecule has 1 aliphatic heterocycles. The van der Waals surface area contributed by atoms with Gasteiger partial charge in [-0.2, -0.15) is 31.8 Å². The third-order valence-electron chi connectivity index (χ3n) is 11.3. The molecule has 2 aliphatic rings. The van der Waals surface area contributed by atoms with Crippen LogP contribution in [0.5, 0.6) is 0 Å². The summed E-state index contributed by atoms with van der Waals surface area (Å²) in [5, 5.41) is 96.0. The van der Waals surface area contributed by atoms with E-state index in [9.17, 15) is 76.4 Å². The van der Waals surface area contributed by atoms with Crippen molar-refractivity contribution in [2.24, 2.45) is 15.7 Å². The third kappa shape index (κ3) is 14.0. The fraction of sp³-hybridized carbons (Fsp3) is 0.419. The highest BCUT2D eigenvalue weighted by molar-refractivity contribution is 7.86. The molecule has 28 nitrogen and oxygen atoms in total. The Labute approximate surface area is 416 Å². The van der Waals surface area contributed by atoms with Crippen molar-refractivity contribution < 1.29 is 81.1 Å². The van der Waals surface area contributed by atoms with Gasteiger partial charge in [0.25, 0.3) is 20.2 Å². The average Bonchev–Trinajstić information content (AvgIpc) is 3.33. The Kier molecular flexibility index (Phi) is 18.5. The summed E-state index contributed by atoms with van der Waals surface area (Å²) in [6, 6.07) is 8.19. The van der Waals surface area contributed by atoms with Gasteiger partial charge in [0.05, 0.1) is 53.5 Å². The molecule has 1 fully saturated rings. The van der Waals surface area contributed by atoms with E-state index in [1.165, 1.54) is 30.3 Å². The van der Waals surface area contributed by atoms with E-state index < -0.39 is 126 Å². The predicted octanol–water partition coefficient (Wildman–Crippen LogP) is -3.69. The standard InChI is InChI=1S/C43H55N11O17S2/c44-15-22(57)16-46-18-32(59)48-17-21(56)13-30-51-42(47-11-5-1-2-8-31(58)53-36-40(63)39(62)27(19-55)71-41(36)64)54-43(52-30)50-25-10-9-20(12-28(25)72(65,66)67)49-26-14-29(73(68,69)70)35(45)34-33(26)37(60)23-6-3-4-7-24(23)38(34)61/h3-4,6-7,9-10,12,14,21-22,27,36,39-41,46,49,55-57,62-64H,1-2,5,8,11,13,15-19,44-45H2,(H,48,59)(H,53,58)(H,65,66,67)(H,68,69,70)(H2,47,50,51,52,54)/p-2/t21?,22?,27-,36-,39+,40-,41-/m1/s1. The zero-order valence-electron chi connectivity index (χ0n) is 38.4. The number of fused-ring (bicyclic) bond motifs is 2. The number of aliphatic hydroxyl groups is 6. The topological polar surface area (TPSA) is 483 Å². The van der Waals surface area contributed by atoms with Crippen LogP contribution in [0, 0.1) is 0 Å². The Morgan fingerprint density at radius 3 is 2.14 bits per heavy atom. The van der Waals surface area contributed by atoms with Crippen molar-refractivity contribution in [1.29, 1.82) is 0 Å². The van der Waals surface area contributed by atoms with Gasteiger partial charge < -0.3 is 83.3 Å². The van der Waals surface area contributed by atoms with Gasteiger partial charge >= 0.3 is 0 Å². The Morgan fingerprint density at radius 2 is 1.48 bits per heavy atom. The Morgan fingerprint density at radius 1 is 0.808 bits per heavy atom. The second kappa shape index (κ2) is 24.1. The lowest BCUT2D eigenvalue weighted by molar-refractivity contribution is -0.253. The summed E-state index contributed by atoms with van der Waals surface area (Å²) in [6.45, 7) is -1.21. The van der Waals surface area contributed by atoms with E-state index in [0.717, 1.165) is 18.2 Å². The first-order valence-electron chi connectivity index (χ1n) is 22.3. The zero-order valence-corrected chi connectivity index (χ0v) is 40.0. The first-order chi connectivity index (χ1) is 34.5. The fourth-order valence-electron chi connectivity index (χ4n) is 7.64. The minimum atomic E-state index is -5.16. The molecular formula is C43H53N11O17S2-2. The maximum atomic E-state index is 13.8. The monoisotopic (exact) mass is 1060 g/mol. The predicted molar refractivity (Wildman–Crippen MR) is 255 cm³/mol. The van der Waals surface area contributed by atoms with Crippen LogP contribution in [0.3, 0.4) is 0 Å². The molecule has 0 amide bonds. The fourth-order valence-corrected chi connectivity index (χ4v) is 8.96. The van der Waals surface area contributed by atoms with Crippen molar-refractivity contribution in [3.05, 3.63) is 76.6 Å². The molecule has 0 spiro atoms. The molecule has 396 valence electrons. The van der Waals surface area contributed by atoms with Crippen LogP contribution in [-0.2, 0) is 31.4 Å². The van der Waals surface area contributed by atoms with Crippen LogP contribution >= 0.6 is 0 Å². The molecule has 3 aromatic carbocycles. The highest BCUT2D eigenvalue weighted by Gasteiger charge is 2.43. The molecule has 73 heavy (non-hydrogen) atoms. The number of carbonyl (C=O) groups excluding carboxylic acids is 2.